The monoisotopic (exact) mass is 381 g/mol. The van der Waals surface area contributed by atoms with Gasteiger partial charge in [0.25, 0.3) is 0 Å². The highest BCUT2D eigenvalue weighted by Gasteiger charge is 2.29. The molecule has 1 aromatic carbocycles. The number of imidazole rings is 1. The first-order chi connectivity index (χ1) is 9.74. The maximum absolute atomic E-state index is 4.18. The summed E-state index contributed by atoms with van der Waals surface area (Å²) in [6.45, 7) is 2.26. The number of aromatic nitrogens is 2. The number of nitrogens with zero attached hydrogens (tertiary/aromatic N) is 2. The Labute approximate surface area is 133 Å². The van der Waals surface area contributed by atoms with Crippen molar-refractivity contribution < 1.29 is 0 Å². The van der Waals surface area contributed by atoms with E-state index in [-0.39, 0.29) is 0 Å². The lowest BCUT2D eigenvalue weighted by molar-refractivity contribution is 0.362. The summed E-state index contributed by atoms with van der Waals surface area (Å²) in [7, 11) is 0. The molecule has 3 nitrogen and oxygen atoms in total. The second kappa shape index (κ2) is 6.26. The van der Waals surface area contributed by atoms with Crippen molar-refractivity contribution in [1.29, 1.82) is 0 Å². The van der Waals surface area contributed by atoms with Gasteiger partial charge >= 0.3 is 0 Å². The van der Waals surface area contributed by atoms with Crippen LogP contribution in [-0.4, -0.2) is 15.6 Å². The zero-order valence-electron chi connectivity index (χ0n) is 11.7. The largest absolute Gasteiger partial charge is 0.333 e. The minimum Gasteiger partial charge on any atom is -0.333 e. The van der Waals surface area contributed by atoms with Crippen LogP contribution in [0.2, 0.25) is 0 Å². The molecule has 0 spiro atoms. The van der Waals surface area contributed by atoms with Gasteiger partial charge < -0.3 is 9.88 Å². The van der Waals surface area contributed by atoms with Crippen molar-refractivity contribution in [3.05, 3.63) is 52.1 Å². The second-order valence-electron chi connectivity index (χ2n) is 5.55. The fraction of sp³-hybridized carbons (Fsp3) is 0.438. The Morgan fingerprint density at radius 3 is 2.80 bits per heavy atom. The molecule has 0 bridgehead atoms. The van der Waals surface area contributed by atoms with E-state index in [9.17, 15) is 0 Å². The van der Waals surface area contributed by atoms with E-state index in [1.54, 1.807) is 0 Å². The van der Waals surface area contributed by atoms with Crippen LogP contribution < -0.4 is 5.32 Å². The lowest BCUT2D eigenvalue weighted by Gasteiger charge is -2.26. The van der Waals surface area contributed by atoms with Crippen LogP contribution in [0.25, 0.3) is 0 Å². The van der Waals surface area contributed by atoms with Gasteiger partial charge in [0, 0.05) is 34.1 Å². The molecule has 0 amide bonds. The summed E-state index contributed by atoms with van der Waals surface area (Å²) in [4.78, 5) is 4.18. The van der Waals surface area contributed by atoms with Crippen LogP contribution in [0, 0.1) is 3.57 Å². The van der Waals surface area contributed by atoms with E-state index >= 15 is 0 Å². The molecule has 20 heavy (non-hydrogen) atoms. The number of halogens is 1. The minimum atomic E-state index is 0.390. The van der Waals surface area contributed by atoms with E-state index in [4.69, 9.17) is 0 Å². The van der Waals surface area contributed by atoms with Crippen molar-refractivity contribution in [2.75, 3.05) is 0 Å². The minimum absolute atomic E-state index is 0.390. The molecule has 1 heterocycles. The summed E-state index contributed by atoms with van der Waals surface area (Å²) >= 11 is 2.35. The summed E-state index contributed by atoms with van der Waals surface area (Å²) in [6, 6.07) is 10.3. The molecule has 3 rings (SSSR count). The van der Waals surface area contributed by atoms with E-state index in [1.165, 1.54) is 28.4 Å². The average Bonchev–Trinajstić information content (AvgIpc) is 3.09. The first kappa shape index (κ1) is 14.1. The number of benzene rings is 1. The Morgan fingerprint density at radius 1 is 1.30 bits per heavy atom. The van der Waals surface area contributed by atoms with Crippen molar-refractivity contribution in [2.24, 2.45) is 0 Å². The van der Waals surface area contributed by atoms with Crippen molar-refractivity contribution in [3.8, 4) is 0 Å². The van der Waals surface area contributed by atoms with E-state index in [1.807, 2.05) is 12.5 Å². The van der Waals surface area contributed by atoms with E-state index in [2.05, 4.69) is 74.8 Å². The molecule has 0 saturated heterocycles. The molecule has 1 aliphatic rings. The van der Waals surface area contributed by atoms with Crippen LogP contribution in [0.3, 0.4) is 0 Å². The molecule has 1 aromatic heterocycles. The third-order valence-corrected chi connectivity index (χ3v) is 4.94. The standard InChI is InChI=1S/C16H20IN3/c1-12(13-5-7-14(17)8-6-13)19-15-3-2-4-16(15)20-10-9-18-11-20/h5-12,15-16,19H,2-4H2,1H3. The lowest BCUT2D eigenvalue weighted by atomic mass is 10.1. The van der Waals surface area contributed by atoms with Crippen molar-refractivity contribution in [2.45, 2.75) is 44.3 Å². The summed E-state index contributed by atoms with van der Waals surface area (Å²) in [5, 5.41) is 3.80. The highest BCUT2D eigenvalue weighted by atomic mass is 127. The van der Waals surface area contributed by atoms with Gasteiger partial charge in [0.15, 0.2) is 0 Å². The van der Waals surface area contributed by atoms with E-state index in [0.29, 0.717) is 18.1 Å². The van der Waals surface area contributed by atoms with Crippen LogP contribution in [0.1, 0.15) is 43.8 Å². The van der Waals surface area contributed by atoms with Crippen LogP contribution >= 0.6 is 22.6 Å². The van der Waals surface area contributed by atoms with Crippen LogP contribution in [0.15, 0.2) is 43.0 Å². The maximum Gasteiger partial charge on any atom is 0.0949 e. The Balaban J connectivity index is 1.68. The molecule has 1 fully saturated rings. The fourth-order valence-corrected chi connectivity index (χ4v) is 3.49. The first-order valence-electron chi connectivity index (χ1n) is 7.23. The van der Waals surface area contributed by atoms with Crippen LogP contribution in [0.4, 0.5) is 0 Å². The molecule has 1 aliphatic carbocycles. The highest BCUT2D eigenvalue weighted by molar-refractivity contribution is 14.1. The van der Waals surface area contributed by atoms with Crippen molar-refractivity contribution >= 4 is 22.6 Å². The quantitative estimate of drug-likeness (QED) is 0.814. The van der Waals surface area contributed by atoms with Gasteiger partial charge in [-0.15, -0.1) is 0 Å². The fourth-order valence-electron chi connectivity index (χ4n) is 3.13. The van der Waals surface area contributed by atoms with Crippen molar-refractivity contribution in [3.63, 3.8) is 0 Å². The number of hydrogen-bond acceptors (Lipinski definition) is 2. The third kappa shape index (κ3) is 3.06. The summed E-state index contributed by atoms with van der Waals surface area (Å²) in [6.07, 6.45) is 9.68. The summed E-state index contributed by atoms with van der Waals surface area (Å²) in [5.74, 6) is 0. The van der Waals surface area contributed by atoms with Gasteiger partial charge in [-0.1, -0.05) is 12.1 Å². The highest BCUT2D eigenvalue weighted by Crippen LogP contribution is 2.31. The molecule has 3 atom stereocenters. The molecule has 3 unspecified atom stereocenters. The molecule has 0 aliphatic heterocycles. The molecule has 1 N–H and O–H groups in total. The maximum atomic E-state index is 4.18. The Kier molecular flexibility index (Phi) is 4.41. The molecular formula is C16H20IN3. The van der Waals surface area contributed by atoms with E-state index in [0.717, 1.165) is 0 Å². The van der Waals surface area contributed by atoms with Gasteiger partial charge in [-0.05, 0) is 66.5 Å². The Morgan fingerprint density at radius 2 is 2.10 bits per heavy atom. The van der Waals surface area contributed by atoms with Gasteiger partial charge in [0.2, 0.25) is 0 Å². The van der Waals surface area contributed by atoms with Crippen molar-refractivity contribution in [1.82, 2.24) is 14.9 Å². The Hall–Kier alpha value is -0.880. The predicted octanol–water partition coefficient (Wildman–Crippen LogP) is 3.93. The number of hydrogen-bond donors (Lipinski definition) is 1. The normalized spacial score (nSPS) is 23.9. The molecule has 0 radical (unpaired) electrons. The number of nitrogens with one attached hydrogen (secondary N) is 1. The second-order valence-corrected chi connectivity index (χ2v) is 6.80. The topological polar surface area (TPSA) is 29.9 Å². The van der Waals surface area contributed by atoms with Crippen LogP contribution in [0.5, 0.6) is 0 Å². The lowest BCUT2D eigenvalue weighted by Crippen LogP contribution is -2.35. The zero-order chi connectivity index (χ0) is 13.9. The predicted molar refractivity (Wildman–Crippen MR) is 89.6 cm³/mol. The van der Waals surface area contributed by atoms with Gasteiger partial charge in [-0.2, -0.15) is 0 Å². The molecule has 2 aromatic rings. The van der Waals surface area contributed by atoms with Gasteiger partial charge in [0.1, 0.15) is 0 Å². The zero-order valence-corrected chi connectivity index (χ0v) is 13.8. The van der Waals surface area contributed by atoms with E-state index < -0.39 is 0 Å². The van der Waals surface area contributed by atoms with Gasteiger partial charge in [0.05, 0.1) is 6.33 Å². The summed E-state index contributed by atoms with van der Waals surface area (Å²) in [5.41, 5.74) is 1.36. The first-order valence-corrected chi connectivity index (χ1v) is 8.31. The molecular weight excluding hydrogens is 361 g/mol. The molecule has 4 heteroatoms. The number of rotatable bonds is 4. The Bertz CT molecular complexity index is 535. The van der Waals surface area contributed by atoms with Gasteiger partial charge in [-0.25, -0.2) is 4.98 Å². The summed E-state index contributed by atoms with van der Waals surface area (Å²) < 4.78 is 3.54. The van der Waals surface area contributed by atoms with Gasteiger partial charge in [-0.3, -0.25) is 0 Å². The molecule has 1 saturated carbocycles. The van der Waals surface area contributed by atoms with Crippen LogP contribution in [-0.2, 0) is 0 Å². The average molecular weight is 381 g/mol. The molecule has 106 valence electrons. The smallest absolute Gasteiger partial charge is 0.0949 e. The third-order valence-electron chi connectivity index (χ3n) is 4.22. The SMILES string of the molecule is CC(NC1CCCC1n1ccnc1)c1ccc(I)cc1.